The molecule has 4 bridgehead atoms. The van der Waals surface area contributed by atoms with Gasteiger partial charge in [-0.3, -0.25) is 9.59 Å². The van der Waals surface area contributed by atoms with Crippen molar-refractivity contribution in [3.8, 4) is 0 Å². The molecule has 1 aliphatic carbocycles. The Hall–Kier alpha value is -3.66. The maximum atomic E-state index is 13.2. The maximum absolute atomic E-state index is 13.2. The van der Waals surface area contributed by atoms with E-state index in [1.165, 1.54) is 5.39 Å². The second kappa shape index (κ2) is 5.14. The van der Waals surface area contributed by atoms with Crippen LogP contribution in [0.3, 0.4) is 0 Å². The number of benzene rings is 4. The van der Waals surface area contributed by atoms with Crippen LogP contribution in [0.1, 0.15) is 47.7 Å². The number of rotatable bonds is 0. The van der Waals surface area contributed by atoms with E-state index in [1.807, 2.05) is 6.07 Å². The average molecular weight is 404 g/mol. The zero-order valence-electron chi connectivity index (χ0n) is 16.7. The minimum atomic E-state index is -0.0586. The topological polar surface area (TPSA) is 51.1 Å². The van der Waals surface area contributed by atoms with Crippen LogP contribution in [-0.2, 0) is 11.3 Å². The van der Waals surface area contributed by atoms with Crippen LogP contribution in [-0.4, -0.2) is 16.3 Å². The molecule has 0 saturated heterocycles. The minimum Gasteiger partial charge on any atom is -0.348 e. The molecule has 0 unspecified atom stereocenters. The van der Waals surface area contributed by atoms with E-state index in [0.717, 1.165) is 61.1 Å². The van der Waals surface area contributed by atoms with Gasteiger partial charge in [-0.25, -0.2) is 0 Å². The van der Waals surface area contributed by atoms with Crippen molar-refractivity contribution in [1.82, 2.24) is 9.88 Å². The van der Waals surface area contributed by atoms with Crippen LogP contribution in [0.5, 0.6) is 0 Å². The zero-order chi connectivity index (χ0) is 20.4. The van der Waals surface area contributed by atoms with E-state index in [4.69, 9.17) is 0 Å². The molecule has 5 aromatic rings. The lowest BCUT2D eigenvalue weighted by Gasteiger charge is -2.23. The first-order valence-electron chi connectivity index (χ1n) is 11.0. The number of amides is 1. The fourth-order valence-corrected chi connectivity index (χ4v) is 6.68. The van der Waals surface area contributed by atoms with Gasteiger partial charge in [0.2, 0.25) is 0 Å². The first kappa shape index (κ1) is 16.1. The first-order chi connectivity index (χ1) is 15.2. The van der Waals surface area contributed by atoms with E-state index >= 15 is 0 Å². The summed E-state index contributed by atoms with van der Waals surface area (Å²) in [7, 11) is 0. The van der Waals surface area contributed by atoms with E-state index in [-0.39, 0.29) is 19.3 Å². The Morgan fingerprint density at radius 1 is 0.903 bits per heavy atom. The molecule has 1 amide bonds. The summed E-state index contributed by atoms with van der Waals surface area (Å²) in [6, 6.07) is 19.2. The summed E-state index contributed by atoms with van der Waals surface area (Å²) in [5.74, 6) is 0.283. The fraction of sp³-hybridized carbons (Fsp3) is 0.185. The van der Waals surface area contributed by atoms with Gasteiger partial charge >= 0.3 is 0 Å². The Morgan fingerprint density at radius 3 is 2.55 bits per heavy atom. The fourth-order valence-electron chi connectivity index (χ4n) is 6.68. The average Bonchev–Trinajstić information content (AvgIpc) is 3.45. The molecule has 1 fully saturated rings. The number of hydrogen-bond acceptors (Lipinski definition) is 2. The number of nitrogens with one attached hydrogen (secondary N) is 1. The third-order valence-electron chi connectivity index (χ3n) is 7.82. The van der Waals surface area contributed by atoms with Gasteiger partial charge in [0, 0.05) is 48.0 Å². The van der Waals surface area contributed by atoms with E-state index in [9.17, 15) is 9.59 Å². The largest absolute Gasteiger partial charge is 0.348 e. The van der Waals surface area contributed by atoms with Gasteiger partial charge in [0.15, 0.2) is 0 Å². The van der Waals surface area contributed by atoms with Crippen molar-refractivity contribution in [3.63, 3.8) is 0 Å². The molecule has 0 spiro atoms. The Kier molecular flexibility index (Phi) is 2.67. The Labute approximate surface area is 178 Å². The predicted octanol–water partition coefficient (Wildman–Crippen LogP) is 5.59. The summed E-state index contributed by atoms with van der Waals surface area (Å²) in [5.41, 5.74) is 5.32. The van der Waals surface area contributed by atoms with Gasteiger partial charge in [-0.05, 0) is 45.8 Å². The summed E-state index contributed by atoms with van der Waals surface area (Å²) in [6.45, 7) is 0.551. The normalized spacial score (nSPS) is 21.5. The third kappa shape index (κ3) is 1.72. The van der Waals surface area contributed by atoms with Gasteiger partial charge in [0.1, 0.15) is 5.78 Å². The van der Waals surface area contributed by atoms with E-state index in [1.54, 1.807) is 0 Å². The Morgan fingerprint density at radius 2 is 1.68 bits per heavy atom. The van der Waals surface area contributed by atoms with Gasteiger partial charge in [0.05, 0.1) is 11.1 Å². The zero-order valence-corrected chi connectivity index (χ0v) is 16.7. The Balaban J connectivity index is 0.00000180. The van der Waals surface area contributed by atoms with E-state index < -0.39 is 0 Å². The quantitative estimate of drug-likeness (QED) is 0.342. The lowest BCUT2D eigenvalue weighted by atomic mass is 9.84. The summed E-state index contributed by atoms with van der Waals surface area (Å²) in [6.07, 6.45) is 1.38. The van der Waals surface area contributed by atoms with Crippen LogP contribution < -0.4 is 5.32 Å². The molecule has 4 nitrogen and oxygen atoms in total. The van der Waals surface area contributed by atoms with Crippen molar-refractivity contribution in [2.45, 2.75) is 31.3 Å². The second-order valence-corrected chi connectivity index (χ2v) is 9.19. The van der Waals surface area contributed by atoms with Crippen LogP contribution >= 0.6 is 0 Å². The first-order valence-corrected chi connectivity index (χ1v) is 11.0. The molecule has 3 heterocycles. The van der Waals surface area contributed by atoms with Gasteiger partial charge in [-0.1, -0.05) is 42.5 Å². The summed E-state index contributed by atoms with van der Waals surface area (Å²) < 4.78 is 2.38. The molecule has 1 N–H and O–H groups in total. The van der Waals surface area contributed by atoms with Crippen LogP contribution in [0.25, 0.3) is 43.4 Å². The van der Waals surface area contributed by atoms with Crippen molar-refractivity contribution in [3.05, 3.63) is 71.3 Å². The molecule has 4 aromatic carbocycles. The van der Waals surface area contributed by atoms with Crippen LogP contribution in [0, 0.1) is 0 Å². The van der Waals surface area contributed by atoms with Crippen LogP contribution in [0.4, 0.5) is 0 Å². The number of hydrogen-bond donors (Lipinski definition) is 1. The van der Waals surface area contributed by atoms with Gasteiger partial charge in [0.25, 0.3) is 5.91 Å². The number of carbonyl (C=O) groups excluding carboxylic acids is 2. The van der Waals surface area contributed by atoms with Crippen LogP contribution in [0.2, 0.25) is 0 Å². The highest BCUT2D eigenvalue weighted by molar-refractivity contribution is 6.31. The SMILES string of the molecule is O=C1NCc2c1c1c3ccccc3n3c1c1cc(c4ccccc4c21)[C@@H]1C[C@H]3CC1=O.[HH]. The molecule has 8 rings (SSSR count). The highest BCUT2D eigenvalue weighted by atomic mass is 16.2. The number of carbonyl (C=O) groups is 2. The predicted molar refractivity (Wildman–Crippen MR) is 124 cm³/mol. The molecule has 2 aliphatic heterocycles. The van der Waals surface area contributed by atoms with E-state index in [2.05, 4.69) is 58.4 Å². The molecular weight excluding hydrogens is 384 g/mol. The van der Waals surface area contributed by atoms with Crippen molar-refractivity contribution >= 4 is 55.0 Å². The van der Waals surface area contributed by atoms with Crippen LogP contribution in [0.15, 0.2) is 54.6 Å². The number of Topliss-reactive ketones (excluding diaryl/α,β-unsaturated/α-hetero) is 1. The minimum absolute atomic E-state index is 0. The summed E-state index contributed by atoms with van der Waals surface area (Å²) in [5, 5.41) is 9.90. The number of para-hydroxylation sites is 1. The maximum Gasteiger partial charge on any atom is 0.252 e. The van der Waals surface area contributed by atoms with Crippen molar-refractivity contribution in [2.24, 2.45) is 0 Å². The molecule has 1 saturated carbocycles. The standard InChI is InChI=1S/C27H18N2O2.H2/c30-22-10-13-9-18(22)17-11-19-23(15-6-2-1-5-14(15)17)20-12-28-27(31)25(20)24-16-7-3-4-8-21(16)29(13)26(19)24;/h1-8,11,13,18H,9-10,12H2,(H,28,31);1H/t13-,18-;/m0./s1. The van der Waals surface area contributed by atoms with Gasteiger partial charge < -0.3 is 9.88 Å². The van der Waals surface area contributed by atoms with Crippen molar-refractivity contribution < 1.29 is 11.0 Å². The number of aromatic nitrogens is 1. The smallest absolute Gasteiger partial charge is 0.252 e. The molecule has 4 heteroatoms. The monoisotopic (exact) mass is 404 g/mol. The van der Waals surface area contributed by atoms with E-state index in [0.29, 0.717) is 18.7 Å². The Bertz CT molecular complexity index is 1700. The highest BCUT2D eigenvalue weighted by Gasteiger charge is 2.40. The molecule has 0 radical (unpaired) electrons. The molecule has 1 aromatic heterocycles. The highest BCUT2D eigenvalue weighted by Crippen LogP contribution is 2.52. The van der Waals surface area contributed by atoms with Gasteiger partial charge in [-0.15, -0.1) is 0 Å². The van der Waals surface area contributed by atoms with Gasteiger partial charge in [-0.2, -0.15) is 0 Å². The number of nitrogens with zero attached hydrogens (tertiary/aromatic N) is 1. The molecule has 31 heavy (non-hydrogen) atoms. The van der Waals surface area contributed by atoms with Crippen molar-refractivity contribution in [1.29, 1.82) is 0 Å². The summed E-state index contributed by atoms with van der Waals surface area (Å²) in [4.78, 5) is 26.3. The van der Waals surface area contributed by atoms with Crippen molar-refractivity contribution in [2.75, 3.05) is 0 Å². The number of fused-ring (bicyclic) bond motifs is 14. The molecule has 3 aliphatic rings. The molecular formula is C27H20N2O2. The molecule has 2 atom stereocenters. The second-order valence-electron chi connectivity index (χ2n) is 9.19. The lowest BCUT2D eigenvalue weighted by Crippen LogP contribution is -2.12. The lowest BCUT2D eigenvalue weighted by molar-refractivity contribution is -0.118. The summed E-state index contributed by atoms with van der Waals surface area (Å²) >= 11 is 0. The third-order valence-corrected chi connectivity index (χ3v) is 7.82. The molecule has 150 valence electrons. The number of ketones is 1.